The van der Waals surface area contributed by atoms with Gasteiger partial charge in [0.1, 0.15) is 12.3 Å². The average molecular weight is 580 g/mol. The third kappa shape index (κ3) is 8.27. The number of anilines is 2. The molecule has 1 aliphatic rings. The number of carbonyl (C=O) groups excluding carboxylic acids is 3. The van der Waals surface area contributed by atoms with Crippen molar-refractivity contribution in [2.45, 2.75) is 20.3 Å². The summed E-state index contributed by atoms with van der Waals surface area (Å²) < 4.78 is 10.9. The first-order valence-corrected chi connectivity index (χ1v) is 14.6. The van der Waals surface area contributed by atoms with Crippen LogP contribution in [0.5, 0.6) is 5.75 Å². The Morgan fingerprint density at radius 1 is 1.05 bits per heavy atom. The molecule has 2 heterocycles. The van der Waals surface area contributed by atoms with E-state index in [0.717, 1.165) is 30.1 Å². The van der Waals surface area contributed by atoms with Gasteiger partial charge in [0.05, 0.1) is 31.0 Å². The van der Waals surface area contributed by atoms with Crippen LogP contribution in [-0.4, -0.2) is 92.1 Å². The predicted octanol–water partition coefficient (Wildman–Crippen LogP) is 3.47. The van der Waals surface area contributed by atoms with Crippen LogP contribution in [0.3, 0.4) is 0 Å². The Bertz CT molecular complexity index is 1320. The number of rotatable bonds is 12. The van der Waals surface area contributed by atoms with E-state index < -0.39 is 0 Å². The molecule has 1 aliphatic heterocycles. The Balaban J connectivity index is 1.28. The summed E-state index contributed by atoms with van der Waals surface area (Å²) in [5, 5.41) is 4.94. The van der Waals surface area contributed by atoms with Crippen LogP contribution in [0, 0.1) is 6.92 Å². The fourth-order valence-electron chi connectivity index (χ4n) is 4.57. The summed E-state index contributed by atoms with van der Waals surface area (Å²) in [7, 11) is 1.55. The highest BCUT2D eigenvalue weighted by Gasteiger charge is 2.24. The first kappa shape index (κ1) is 30.0. The molecular weight excluding hydrogens is 542 g/mol. The molecule has 2 aromatic carbocycles. The molecule has 1 aromatic heterocycles. The van der Waals surface area contributed by atoms with E-state index in [4.69, 9.17) is 9.47 Å². The van der Waals surface area contributed by atoms with Crippen LogP contribution in [0.2, 0.25) is 0 Å². The highest BCUT2D eigenvalue weighted by molar-refractivity contribution is 7.13. The van der Waals surface area contributed by atoms with Crippen LogP contribution >= 0.6 is 11.3 Å². The maximum Gasteiger partial charge on any atom is 0.254 e. The molecule has 1 fully saturated rings. The summed E-state index contributed by atoms with van der Waals surface area (Å²) >= 11 is 1.26. The summed E-state index contributed by atoms with van der Waals surface area (Å²) in [6.45, 7) is 7.62. The molecule has 10 nitrogen and oxygen atoms in total. The average Bonchev–Trinajstić information content (AvgIpc) is 3.42. The van der Waals surface area contributed by atoms with Crippen LogP contribution < -0.4 is 15.0 Å². The second-order valence-corrected chi connectivity index (χ2v) is 10.6. The van der Waals surface area contributed by atoms with Crippen LogP contribution in [0.4, 0.5) is 10.8 Å². The van der Waals surface area contributed by atoms with Crippen LogP contribution in [0.15, 0.2) is 53.9 Å². The zero-order chi connectivity index (χ0) is 29.2. The first-order valence-electron chi connectivity index (χ1n) is 13.7. The molecule has 0 bridgehead atoms. The van der Waals surface area contributed by atoms with Crippen molar-refractivity contribution in [2.24, 2.45) is 0 Å². The van der Waals surface area contributed by atoms with Crippen molar-refractivity contribution >= 4 is 39.9 Å². The largest absolute Gasteiger partial charge is 0.492 e. The Kier molecular flexibility index (Phi) is 10.7. The molecule has 3 aromatic rings. The van der Waals surface area contributed by atoms with Gasteiger partial charge in [-0.15, -0.1) is 11.3 Å². The molecule has 0 saturated carbocycles. The predicted molar refractivity (Wildman–Crippen MR) is 160 cm³/mol. The Morgan fingerprint density at radius 2 is 1.78 bits per heavy atom. The van der Waals surface area contributed by atoms with Gasteiger partial charge in [-0.1, -0.05) is 29.8 Å². The number of hydrogen-bond acceptors (Lipinski definition) is 8. The van der Waals surface area contributed by atoms with Crippen molar-refractivity contribution < 1.29 is 23.9 Å². The second kappa shape index (κ2) is 14.6. The van der Waals surface area contributed by atoms with E-state index in [1.807, 2.05) is 55.1 Å². The molecule has 0 spiro atoms. The van der Waals surface area contributed by atoms with E-state index in [0.29, 0.717) is 42.7 Å². The van der Waals surface area contributed by atoms with Gasteiger partial charge >= 0.3 is 0 Å². The van der Waals surface area contributed by atoms with Gasteiger partial charge in [-0.05, 0) is 38.1 Å². The van der Waals surface area contributed by atoms with Crippen molar-refractivity contribution in [3.8, 4) is 5.75 Å². The number of methoxy groups -OCH3 is 1. The van der Waals surface area contributed by atoms with Gasteiger partial charge in [-0.3, -0.25) is 14.4 Å². The van der Waals surface area contributed by atoms with E-state index in [9.17, 15) is 14.4 Å². The third-order valence-electron chi connectivity index (χ3n) is 6.75. The highest BCUT2D eigenvalue weighted by atomic mass is 32.1. The lowest BCUT2D eigenvalue weighted by molar-refractivity contribution is -0.130. The number of aromatic nitrogens is 1. The number of nitrogens with zero attached hydrogens (tertiary/aromatic N) is 4. The number of hydrogen-bond donors (Lipinski definition) is 1. The maximum absolute atomic E-state index is 13.0. The fourth-order valence-corrected chi connectivity index (χ4v) is 5.30. The molecule has 0 aliphatic carbocycles. The number of ether oxygens (including phenoxy) is 2. The normalized spacial score (nSPS) is 13.1. The minimum absolute atomic E-state index is 0.000329. The quantitative estimate of drug-likeness (QED) is 0.350. The van der Waals surface area contributed by atoms with E-state index in [-0.39, 0.29) is 37.2 Å². The number of nitrogens with one attached hydrogen (secondary N) is 1. The Labute approximate surface area is 244 Å². The van der Waals surface area contributed by atoms with Crippen molar-refractivity contribution in [3.05, 3.63) is 70.7 Å². The van der Waals surface area contributed by atoms with Gasteiger partial charge in [0.15, 0.2) is 5.13 Å². The number of para-hydroxylation sites is 2. The van der Waals surface area contributed by atoms with Gasteiger partial charge in [-0.25, -0.2) is 4.98 Å². The molecule has 0 atom stereocenters. The van der Waals surface area contributed by atoms with Crippen LogP contribution in [0.1, 0.15) is 28.5 Å². The minimum atomic E-state index is -0.364. The molecule has 0 unspecified atom stereocenters. The summed E-state index contributed by atoms with van der Waals surface area (Å²) in [6.07, 6.45) is 0.160. The monoisotopic (exact) mass is 579 g/mol. The van der Waals surface area contributed by atoms with Gasteiger partial charge in [0.25, 0.3) is 5.91 Å². The number of thiazole rings is 1. The summed E-state index contributed by atoms with van der Waals surface area (Å²) in [5.41, 5.74) is 3.20. The number of aryl methyl sites for hydroxylation is 1. The molecule has 1 N–H and O–H groups in total. The fraction of sp³-hybridized carbons (Fsp3) is 0.400. The zero-order valence-electron chi connectivity index (χ0n) is 23.8. The zero-order valence-corrected chi connectivity index (χ0v) is 24.6. The van der Waals surface area contributed by atoms with E-state index >= 15 is 0 Å². The number of amides is 3. The van der Waals surface area contributed by atoms with Crippen molar-refractivity contribution in [1.82, 2.24) is 14.8 Å². The smallest absolute Gasteiger partial charge is 0.254 e. The topological polar surface area (TPSA) is 104 Å². The first-order chi connectivity index (χ1) is 19.9. The minimum Gasteiger partial charge on any atom is -0.492 e. The van der Waals surface area contributed by atoms with Gasteiger partial charge in [-0.2, -0.15) is 0 Å². The standard InChI is InChI=1S/C30H37N5O5S/c1-4-40-26-8-6-5-7-25(26)33-13-15-34(16-14-33)28(37)19-24-21-41-30(31-24)32-27(36)20-35(17-18-39-3)29(38)23-11-9-22(2)10-12-23/h5-12,21H,4,13-20H2,1-3H3,(H,31,32,36). The van der Waals surface area contributed by atoms with Crippen molar-refractivity contribution in [3.63, 3.8) is 0 Å². The molecule has 0 radical (unpaired) electrons. The van der Waals surface area contributed by atoms with E-state index in [1.54, 1.807) is 24.6 Å². The molecular formula is C30H37N5O5S. The highest BCUT2D eigenvalue weighted by Crippen LogP contribution is 2.29. The SMILES string of the molecule is CCOc1ccccc1N1CCN(C(=O)Cc2csc(NC(=O)CN(CCOC)C(=O)c3ccc(C)cc3)n2)CC1. The third-order valence-corrected chi connectivity index (χ3v) is 7.56. The van der Waals surface area contributed by atoms with E-state index in [2.05, 4.69) is 15.2 Å². The maximum atomic E-state index is 13.0. The number of benzene rings is 2. The molecule has 3 amide bonds. The van der Waals surface area contributed by atoms with Gasteiger partial charge in [0.2, 0.25) is 11.8 Å². The molecule has 1 saturated heterocycles. The lowest BCUT2D eigenvalue weighted by atomic mass is 10.1. The summed E-state index contributed by atoms with van der Waals surface area (Å²) in [5.74, 6) is 0.245. The molecule has 11 heteroatoms. The Hall–Kier alpha value is -3.96. The number of piperazine rings is 1. The molecule has 4 rings (SSSR count). The van der Waals surface area contributed by atoms with Crippen molar-refractivity contribution in [2.75, 3.05) is 69.8 Å². The second-order valence-electron chi connectivity index (χ2n) is 9.72. The number of carbonyl (C=O) groups is 3. The van der Waals surface area contributed by atoms with Gasteiger partial charge < -0.3 is 29.5 Å². The Morgan fingerprint density at radius 3 is 2.49 bits per heavy atom. The molecule has 41 heavy (non-hydrogen) atoms. The lowest BCUT2D eigenvalue weighted by Crippen LogP contribution is -2.49. The van der Waals surface area contributed by atoms with Crippen LogP contribution in [-0.2, 0) is 20.7 Å². The van der Waals surface area contributed by atoms with Gasteiger partial charge in [0, 0.05) is 50.8 Å². The van der Waals surface area contributed by atoms with E-state index in [1.165, 1.54) is 16.2 Å². The molecule has 218 valence electrons. The summed E-state index contributed by atoms with van der Waals surface area (Å²) in [6, 6.07) is 15.2. The lowest BCUT2D eigenvalue weighted by Gasteiger charge is -2.36. The summed E-state index contributed by atoms with van der Waals surface area (Å²) in [4.78, 5) is 48.8. The van der Waals surface area contributed by atoms with Crippen LogP contribution in [0.25, 0.3) is 0 Å². The van der Waals surface area contributed by atoms with Crippen molar-refractivity contribution in [1.29, 1.82) is 0 Å².